The molecule has 110 valence electrons. The molecule has 1 heterocycles. The molecule has 1 aromatic carbocycles. The van der Waals surface area contributed by atoms with Crippen molar-refractivity contribution in [2.24, 2.45) is 5.92 Å². The Labute approximate surface area is 124 Å². The number of methoxy groups -OCH3 is 1. The Morgan fingerprint density at radius 3 is 2.57 bits per heavy atom. The summed E-state index contributed by atoms with van der Waals surface area (Å²) in [6.07, 6.45) is -0.779. The summed E-state index contributed by atoms with van der Waals surface area (Å²) in [6, 6.07) is 11.9. The molecule has 21 heavy (non-hydrogen) atoms. The number of rotatable bonds is 2. The van der Waals surface area contributed by atoms with E-state index >= 15 is 0 Å². The van der Waals surface area contributed by atoms with Gasteiger partial charge in [-0.3, -0.25) is 0 Å². The molecule has 0 amide bonds. The van der Waals surface area contributed by atoms with Gasteiger partial charge in [-0.2, -0.15) is 5.26 Å². The molecule has 0 saturated carbocycles. The molecule has 0 radical (unpaired) electrons. The summed E-state index contributed by atoms with van der Waals surface area (Å²) >= 11 is 0. The third-order valence-electron chi connectivity index (χ3n) is 3.66. The number of hydrogen-bond donors (Lipinski definition) is 1. The van der Waals surface area contributed by atoms with Gasteiger partial charge in [-0.05, 0) is 19.4 Å². The second-order valence-electron chi connectivity index (χ2n) is 5.02. The molecule has 0 fully saturated rings. The molecule has 5 heteroatoms. The standard InChI is InChI=1S/C16H18N2O3/c1-10-13(9-17)14(12-7-5-4-6-8-12)15(11(2)18-10)21-16(19)20-3/h4-8,10,13-14,18H,1-3H3. The highest BCUT2D eigenvalue weighted by atomic mass is 16.7. The van der Waals surface area contributed by atoms with Crippen LogP contribution in [0.5, 0.6) is 0 Å². The van der Waals surface area contributed by atoms with Crippen LogP contribution in [-0.4, -0.2) is 19.3 Å². The largest absolute Gasteiger partial charge is 0.513 e. The average molecular weight is 286 g/mol. The Morgan fingerprint density at radius 1 is 1.33 bits per heavy atom. The van der Waals surface area contributed by atoms with Gasteiger partial charge in [0.1, 0.15) is 5.76 Å². The predicted octanol–water partition coefficient (Wildman–Crippen LogP) is 2.92. The van der Waals surface area contributed by atoms with Crippen LogP contribution in [0.1, 0.15) is 25.3 Å². The van der Waals surface area contributed by atoms with Gasteiger partial charge in [0.25, 0.3) is 0 Å². The van der Waals surface area contributed by atoms with E-state index in [9.17, 15) is 10.1 Å². The maximum Gasteiger partial charge on any atom is 0.513 e. The number of nitrogens with one attached hydrogen (secondary N) is 1. The second-order valence-corrected chi connectivity index (χ2v) is 5.02. The molecule has 1 N–H and O–H groups in total. The van der Waals surface area contributed by atoms with Gasteiger partial charge >= 0.3 is 6.16 Å². The van der Waals surface area contributed by atoms with Crippen LogP contribution >= 0.6 is 0 Å². The molecular formula is C16H18N2O3. The average Bonchev–Trinajstić information content (AvgIpc) is 2.50. The van der Waals surface area contributed by atoms with E-state index in [0.29, 0.717) is 5.76 Å². The minimum atomic E-state index is -0.779. The monoisotopic (exact) mass is 286 g/mol. The fraction of sp³-hybridized carbons (Fsp3) is 0.375. The van der Waals surface area contributed by atoms with Crippen molar-refractivity contribution in [2.75, 3.05) is 7.11 Å². The van der Waals surface area contributed by atoms with E-state index in [0.717, 1.165) is 11.3 Å². The lowest BCUT2D eigenvalue weighted by Gasteiger charge is -2.35. The van der Waals surface area contributed by atoms with Crippen molar-refractivity contribution in [2.45, 2.75) is 25.8 Å². The van der Waals surface area contributed by atoms with E-state index < -0.39 is 6.16 Å². The zero-order valence-electron chi connectivity index (χ0n) is 12.3. The van der Waals surface area contributed by atoms with Crippen LogP contribution in [0.2, 0.25) is 0 Å². The molecule has 0 aromatic heterocycles. The lowest BCUT2D eigenvalue weighted by Crippen LogP contribution is -2.42. The minimum absolute atomic E-state index is 0.0368. The summed E-state index contributed by atoms with van der Waals surface area (Å²) in [6.45, 7) is 3.78. The van der Waals surface area contributed by atoms with Gasteiger partial charge in [-0.1, -0.05) is 30.3 Å². The molecule has 0 spiro atoms. The quantitative estimate of drug-likeness (QED) is 0.846. The van der Waals surface area contributed by atoms with Crippen molar-refractivity contribution >= 4 is 6.16 Å². The fourth-order valence-electron chi connectivity index (χ4n) is 2.66. The van der Waals surface area contributed by atoms with Crippen LogP contribution < -0.4 is 5.32 Å². The first-order chi connectivity index (χ1) is 10.1. The van der Waals surface area contributed by atoms with Crippen LogP contribution in [-0.2, 0) is 9.47 Å². The molecule has 0 saturated heterocycles. The molecule has 0 aliphatic carbocycles. The Morgan fingerprint density at radius 2 is 2.00 bits per heavy atom. The van der Waals surface area contributed by atoms with Crippen molar-refractivity contribution in [3.05, 3.63) is 47.4 Å². The molecule has 3 unspecified atom stereocenters. The number of ether oxygens (including phenoxy) is 2. The lowest BCUT2D eigenvalue weighted by atomic mass is 9.78. The maximum absolute atomic E-state index is 11.5. The van der Waals surface area contributed by atoms with E-state index in [4.69, 9.17) is 4.74 Å². The van der Waals surface area contributed by atoms with Gasteiger partial charge in [0.05, 0.1) is 25.0 Å². The van der Waals surface area contributed by atoms with E-state index in [1.54, 1.807) is 0 Å². The van der Waals surface area contributed by atoms with Crippen LogP contribution in [0.3, 0.4) is 0 Å². The van der Waals surface area contributed by atoms with E-state index in [1.165, 1.54) is 7.11 Å². The number of carbonyl (C=O) groups excluding carboxylic acids is 1. The smallest absolute Gasteiger partial charge is 0.437 e. The van der Waals surface area contributed by atoms with Gasteiger partial charge in [-0.25, -0.2) is 4.79 Å². The van der Waals surface area contributed by atoms with Gasteiger partial charge < -0.3 is 14.8 Å². The molecule has 1 aliphatic heterocycles. The van der Waals surface area contributed by atoms with E-state index in [1.807, 2.05) is 44.2 Å². The minimum Gasteiger partial charge on any atom is -0.437 e. The van der Waals surface area contributed by atoms with E-state index in [2.05, 4.69) is 16.1 Å². The maximum atomic E-state index is 11.5. The van der Waals surface area contributed by atoms with Gasteiger partial charge in [0.15, 0.2) is 0 Å². The zero-order valence-corrected chi connectivity index (χ0v) is 12.3. The number of allylic oxidation sites excluding steroid dienone is 2. The summed E-state index contributed by atoms with van der Waals surface area (Å²) in [5, 5.41) is 12.7. The normalized spacial score (nSPS) is 24.8. The van der Waals surface area contributed by atoms with Crippen molar-refractivity contribution < 1.29 is 14.3 Å². The highest BCUT2D eigenvalue weighted by Gasteiger charge is 2.38. The number of carbonyl (C=O) groups is 1. The molecule has 0 bridgehead atoms. The SMILES string of the molecule is COC(=O)OC1=C(C)NC(C)C(C#N)C1c1ccccc1. The second kappa shape index (κ2) is 6.31. The van der Waals surface area contributed by atoms with Crippen molar-refractivity contribution in [1.29, 1.82) is 5.26 Å². The Hall–Kier alpha value is -2.48. The summed E-state index contributed by atoms with van der Waals surface area (Å²) < 4.78 is 9.88. The van der Waals surface area contributed by atoms with Crippen molar-refractivity contribution in [3.8, 4) is 6.07 Å². The van der Waals surface area contributed by atoms with Crippen molar-refractivity contribution in [3.63, 3.8) is 0 Å². The van der Waals surface area contributed by atoms with Crippen molar-refractivity contribution in [1.82, 2.24) is 5.32 Å². The van der Waals surface area contributed by atoms with Crippen LogP contribution in [0.15, 0.2) is 41.8 Å². The molecule has 2 rings (SSSR count). The van der Waals surface area contributed by atoms with Gasteiger partial charge in [-0.15, -0.1) is 0 Å². The molecule has 1 aliphatic rings. The summed E-state index contributed by atoms with van der Waals surface area (Å²) in [4.78, 5) is 11.5. The number of nitriles is 1. The number of hydrogen-bond acceptors (Lipinski definition) is 5. The summed E-state index contributed by atoms with van der Waals surface area (Å²) in [5.41, 5.74) is 1.68. The fourth-order valence-corrected chi connectivity index (χ4v) is 2.66. The van der Waals surface area contributed by atoms with Crippen LogP contribution in [0.25, 0.3) is 0 Å². The highest BCUT2D eigenvalue weighted by Crippen LogP contribution is 2.39. The first-order valence-electron chi connectivity index (χ1n) is 6.76. The third-order valence-corrected chi connectivity index (χ3v) is 3.66. The van der Waals surface area contributed by atoms with E-state index in [-0.39, 0.29) is 17.9 Å². The first kappa shape index (κ1) is 14.9. The Bertz CT molecular complexity index is 589. The molecule has 1 aromatic rings. The van der Waals surface area contributed by atoms with Crippen LogP contribution in [0, 0.1) is 17.2 Å². The zero-order chi connectivity index (χ0) is 15.4. The number of benzene rings is 1. The topological polar surface area (TPSA) is 71.3 Å². The van der Waals surface area contributed by atoms with Gasteiger partial charge in [0.2, 0.25) is 0 Å². The number of nitrogens with zero attached hydrogens (tertiary/aromatic N) is 1. The van der Waals surface area contributed by atoms with Crippen LogP contribution in [0.4, 0.5) is 4.79 Å². The predicted molar refractivity (Wildman–Crippen MR) is 77.1 cm³/mol. The lowest BCUT2D eigenvalue weighted by molar-refractivity contribution is 0.0859. The summed E-state index contributed by atoms with van der Waals surface area (Å²) in [7, 11) is 1.26. The summed E-state index contributed by atoms with van der Waals surface area (Å²) in [5.74, 6) is -0.194. The Kier molecular flexibility index (Phi) is 4.49. The molecule has 3 atom stereocenters. The Balaban J connectivity index is 2.48. The first-order valence-corrected chi connectivity index (χ1v) is 6.76. The molecular weight excluding hydrogens is 268 g/mol. The van der Waals surface area contributed by atoms with Gasteiger partial charge in [0, 0.05) is 11.7 Å². The third kappa shape index (κ3) is 3.00. The molecule has 5 nitrogen and oxygen atoms in total. The highest BCUT2D eigenvalue weighted by molar-refractivity contribution is 5.62.